The van der Waals surface area contributed by atoms with Crippen LogP contribution in [0, 0.1) is 13.8 Å². The van der Waals surface area contributed by atoms with Crippen LogP contribution in [0.5, 0.6) is 0 Å². The summed E-state index contributed by atoms with van der Waals surface area (Å²) in [6, 6.07) is 2.88. The molecular weight excluding hydrogens is 217 g/mol. The van der Waals surface area contributed by atoms with Gasteiger partial charge < -0.3 is 5.73 Å². The lowest BCUT2D eigenvalue weighted by molar-refractivity contribution is -0.136. The molecule has 0 fully saturated rings. The predicted octanol–water partition coefficient (Wildman–Crippen LogP) is 3.04. The van der Waals surface area contributed by atoms with Crippen molar-refractivity contribution in [3.8, 4) is 0 Å². The zero-order chi connectivity index (χ0) is 12.3. The normalized spacial score (nSPS) is 13.9. The molecule has 0 saturated heterocycles. The Morgan fingerprint density at radius 1 is 1.25 bits per heavy atom. The summed E-state index contributed by atoms with van der Waals surface area (Å²) in [4.78, 5) is 4.15. The standard InChI is InChI=1S/C11H15F3N2/c1-7-5-9(6-8(2)16-7)10(15)3-4-11(12,13)14/h5-6,10H,3-4,15H2,1-2H3. The fourth-order valence-electron chi connectivity index (χ4n) is 1.57. The number of rotatable bonds is 3. The van der Waals surface area contributed by atoms with E-state index in [-0.39, 0.29) is 6.42 Å². The minimum atomic E-state index is -4.14. The number of hydrogen-bond acceptors (Lipinski definition) is 2. The smallest absolute Gasteiger partial charge is 0.324 e. The van der Waals surface area contributed by atoms with Crippen LogP contribution < -0.4 is 5.73 Å². The number of aryl methyl sites for hydroxylation is 2. The Morgan fingerprint density at radius 2 is 1.75 bits per heavy atom. The van der Waals surface area contributed by atoms with E-state index in [0.29, 0.717) is 5.56 Å². The molecule has 1 atom stereocenters. The SMILES string of the molecule is Cc1cc(C(N)CCC(F)(F)F)cc(C)n1. The second-order valence-corrected chi connectivity index (χ2v) is 3.94. The number of nitrogens with two attached hydrogens (primary N) is 1. The minimum Gasteiger partial charge on any atom is -0.324 e. The molecule has 0 bridgehead atoms. The Hall–Kier alpha value is -1.10. The number of hydrogen-bond donors (Lipinski definition) is 1. The van der Waals surface area contributed by atoms with Crippen molar-refractivity contribution in [1.82, 2.24) is 4.98 Å². The zero-order valence-corrected chi connectivity index (χ0v) is 9.30. The maximum absolute atomic E-state index is 12.0. The molecule has 1 rings (SSSR count). The van der Waals surface area contributed by atoms with Crippen LogP contribution in [-0.2, 0) is 0 Å². The Kier molecular flexibility index (Phi) is 3.91. The Balaban J connectivity index is 2.69. The van der Waals surface area contributed by atoms with Gasteiger partial charge in [-0.05, 0) is 38.0 Å². The highest BCUT2D eigenvalue weighted by Gasteiger charge is 2.27. The van der Waals surface area contributed by atoms with Gasteiger partial charge in [-0.1, -0.05) is 0 Å². The van der Waals surface area contributed by atoms with Crippen LogP contribution in [0.25, 0.3) is 0 Å². The van der Waals surface area contributed by atoms with Crippen molar-refractivity contribution < 1.29 is 13.2 Å². The van der Waals surface area contributed by atoms with E-state index in [1.54, 1.807) is 26.0 Å². The van der Waals surface area contributed by atoms with Crippen molar-refractivity contribution in [2.45, 2.75) is 38.9 Å². The molecule has 1 aromatic heterocycles. The number of pyridine rings is 1. The van der Waals surface area contributed by atoms with E-state index >= 15 is 0 Å². The molecule has 2 nitrogen and oxygen atoms in total. The molecule has 0 amide bonds. The molecule has 0 aliphatic carbocycles. The van der Waals surface area contributed by atoms with E-state index in [1.807, 2.05) is 0 Å². The van der Waals surface area contributed by atoms with Crippen LogP contribution in [0.3, 0.4) is 0 Å². The van der Waals surface area contributed by atoms with Gasteiger partial charge in [0.25, 0.3) is 0 Å². The molecule has 1 aromatic rings. The molecule has 0 radical (unpaired) electrons. The summed E-state index contributed by atoms with van der Waals surface area (Å²) in [7, 11) is 0. The van der Waals surface area contributed by atoms with Crippen molar-refractivity contribution in [1.29, 1.82) is 0 Å². The summed E-state index contributed by atoms with van der Waals surface area (Å²) in [6.45, 7) is 3.60. The lowest BCUT2D eigenvalue weighted by Gasteiger charge is -2.14. The van der Waals surface area contributed by atoms with Gasteiger partial charge in [0.1, 0.15) is 0 Å². The van der Waals surface area contributed by atoms with Gasteiger partial charge in [0, 0.05) is 23.9 Å². The molecule has 16 heavy (non-hydrogen) atoms. The average Bonchev–Trinajstić information content (AvgIpc) is 2.11. The Bertz CT molecular complexity index is 340. The number of nitrogens with zero attached hydrogens (tertiary/aromatic N) is 1. The van der Waals surface area contributed by atoms with Gasteiger partial charge in [0.15, 0.2) is 0 Å². The van der Waals surface area contributed by atoms with Gasteiger partial charge in [-0.3, -0.25) is 4.98 Å². The van der Waals surface area contributed by atoms with Crippen LogP contribution in [0.1, 0.15) is 35.8 Å². The van der Waals surface area contributed by atoms with E-state index in [2.05, 4.69) is 4.98 Å². The lowest BCUT2D eigenvalue weighted by atomic mass is 10.0. The molecule has 5 heteroatoms. The maximum Gasteiger partial charge on any atom is 0.389 e. The van der Waals surface area contributed by atoms with E-state index in [1.165, 1.54) is 0 Å². The maximum atomic E-state index is 12.0. The largest absolute Gasteiger partial charge is 0.389 e. The van der Waals surface area contributed by atoms with Crippen molar-refractivity contribution >= 4 is 0 Å². The molecule has 0 aliphatic heterocycles. The highest BCUT2D eigenvalue weighted by Crippen LogP contribution is 2.26. The Labute approximate surface area is 92.7 Å². The number of alkyl halides is 3. The first-order valence-electron chi connectivity index (χ1n) is 5.05. The molecule has 0 aliphatic rings. The first-order chi connectivity index (χ1) is 7.28. The van der Waals surface area contributed by atoms with Gasteiger partial charge in [0.2, 0.25) is 0 Å². The summed E-state index contributed by atoms with van der Waals surface area (Å²) in [5, 5.41) is 0. The first kappa shape index (κ1) is 13.0. The third-order valence-electron chi connectivity index (χ3n) is 2.27. The lowest BCUT2D eigenvalue weighted by Crippen LogP contribution is -2.16. The van der Waals surface area contributed by atoms with Crippen molar-refractivity contribution in [3.63, 3.8) is 0 Å². The highest BCUT2D eigenvalue weighted by molar-refractivity contribution is 5.23. The average molecular weight is 232 g/mol. The molecule has 0 aromatic carbocycles. The molecule has 0 saturated carbocycles. The van der Waals surface area contributed by atoms with E-state index in [9.17, 15) is 13.2 Å². The second kappa shape index (κ2) is 4.82. The van der Waals surface area contributed by atoms with Crippen molar-refractivity contribution in [2.24, 2.45) is 5.73 Å². The number of halogens is 3. The molecular formula is C11H15F3N2. The van der Waals surface area contributed by atoms with Crippen LogP contribution in [-0.4, -0.2) is 11.2 Å². The summed E-state index contributed by atoms with van der Waals surface area (Å²) < 4.78 is 36.1. The number of aromatic nitrogens is 1. The third kappa shape index (κ3) is 4.18. The van der Waals surface area contributed by atoms with Crippen molar-refractivity contribution in [2.75, 3.05) is 0 Å². The van der Waals surface area contributed by atoms with Crippen LogP contribution in [0.4, 0.5) is 13.2 Å². The Morgan fingerprint density at radius 3 is 2.19 bits per heavy atom. The van der Waals surface area contributed by atoms with Gasteiger partial charge in [0.05, 0.1) is 0 Å². The van der Waals surface area contributed by atoms with Gasteiger partial charge in [-0.2, -0.15) is 13.2 Å². The molecule has 90 valence electrons. The third-order valence-corrected chi connectivity index (χ3v) is 2.27. The molecule has 1 unspecified atom stereocenters. The monoisotopic (exact) mass is 232 g/mol. The summed E-state index contributed by atoms with van der Waals surface area (Å²) in [5.41, 5.74) is 7.98. The molecule has 1 heterocycles. The van der Waals surface area contributed by atoms with Crippen LogP contribution in [0.2, 0.25) is 0 Å². The predicted molar refractivity (Wildman–Crippen MR) is 55.9 cm³/mol. The van der Waals surface area contributed by atoms with Crippen LogP contribution in [0.15, 0.2) is 12.1 Å². The fraction of sp³-hybridized carbons (Fsp3) is 0.545. The van der Waals surface area contributed by atoms with E-state index < -0.39 is 18.6 Å². The van der Waals surface area contributed by atoms with Gasteiger partial charge in [-0.25, -0.2) is 0 Å². The van der Waals surface area contributed by atoms with Crippen molar-refractivity contribution in [3.05, 3.63) is 29.1 Å². The topological polar surface area (TPSA) is 38.9 Å². The van der Waals surface area contributed by atoms with Gasteiger partial charge in [-0.15, -0.1) is 0 Å². The zero-order valence-electron chi connectivity index (χ0n) is 9.30. The summed E-state index contributed by atoms with van der Waals surface area (Å²) >= 11 is 0. The summed E-state index contributed by atoms with van der Waals surface area (Å²) in [6.07, 6.45) is -5.09. The first-order valence-corrected chi connectivity index (χ1v) is 5.05. The highest BCUT2D eigenvalue weighted by atomic mass is 19.4. The summed E-state index contributed by atoms with van der Waals surface area (Å²) in [5.74, 6) is 0. The van der Waals surface area contributed by atoms with Crippen LogP contribution >= 0.6 is 0 Å². The quantitative estimate of drug-likeness (QED) is 0.869. The fourth-order valence-corrected chi connectivity index (χ4v) is 1.57. The second-order valence-electron chi connectivity index (χ2n) is 3.94. The minimum absolute atomic E-state index is 0.0909. The molecule has 0 spiro atoms. The van der Waals surface area contributed by atoms with E-state index in [4.69, 9.17) is 5.73 Å². The van der Waals surface area contributed by atoms with Gasteiger partial charge >= 0.3 is 6.18 Å². The van der Waals surface area contributed by atoms with E-state index in [0.717, 1.165) is 11.4 Å². The molecule has 2 N–H and O–H groups in total.